The lowest BCUT2D eigenvalue weighted by molar-refractivity contribution is 0.602. The van der Waals surface area contributed by atoms with Crippen LogP contribution in [-0.4, -0.2) is 4.98 Å². The Bertz CT molecular complexity index is 217. The Kier molecular flexibility index (Phi) is 12.4. The van der Waals surface area contributed by atoms with E-state index in [0.29, 0.717) is 0 Å². The first-order valence-electron chi connectivity index (χ1n) is 6.37. The van der Waals surface area contributed by atoms with Gasteiger partial charge in [0.05, 0.1) is 0 Å². The molecule has 0 amide bonds. The van der Waals surface area contributed by atoms with Gasteiger partial charge in [-0.2, -0.15) is 0 Å². The molecule has 0 aliphatic heterocycles. The molecule has 92 valence electrons. The molecule has 0 fully saturated rings. The van der Waals surface area contributed by atoms with Gasteiger partial charge < -0.3 is 0 Å². The molecular formula is C14H24BrN. The van der Waals surface area contributed by atoms with Crippen LogP contribution in [0, 0.1) is 0 Å². The van der Waals surface area contributed by atoms with Crippen molar-refractivity contribution in [2.45, 2.75) is 58.8 Å². The smallest absolute Gasteiger partial charge is 0.106 e. The Balaban J connectivity index is 0.000000288. The van der Waals surface area contributed by atoms with Gasteiger partial charge in [-0.3, -0.25) is 0 Å². The van der Waals surface area contributed by atoms with Crippen molar-refractivity contribution in [3.8, 4) is 0 Å². The minimum Gasteiger partial charge on any atom is -0.249 e. The number of hydrogen-bond donors (Lipinski definition) is 0. The second kappa shape index (κ2) is 12.7. The molecule has 0 aliphatic rings. The monoisotopic (exact) mass is 285 g/mol. The van der Waals surface area contributed by atoms with Crippen LogP contribution in [0.4, 0.5) is 0 Å². The fraction of sp³-hybridized carbons (Fsp3) is 0.643. The summed E-state index contributed by atoms with van der Waals surface area (Å²) in [6, 6.07) is 5.70. The van der Waals surface area contributed by atoms with Crippen molar-refractivity contribution in [2.24, 2.45) is 0 Å². The number of halogens is 1. The van der Waals surface area contributed by atoms with Gasteiger partial charge >= 0.3 is 0 Å². The summed E-state index contributed by atoms with van der Waals surface area (Å²) in [6.45, 7) is 4.53. The number of pyridine rings is 1. The summed E-state index contributed by atoms with van der Waals surface area (Å²) >= 11 is 3.20. The molecule has 0 spiro atoms. The fourth-order valence-electron chi connectivity index (χ4n) is 1.37. The Labute approximate surface area is 109 Å². The van der Waals surface area contributed by atoms with Crippen molar-refractivity contribution in [2.75, 3.05) is 0 Å². The highest BCUT2D eigenvalue weighted by atomic mass is 79.9. The maximum atomic E-state index is 3.90. The van der Waals surface area contributed by atoms with Gasteiger partial charge in [0.25, 0.3) is 0 Å². The van der Waals surface area contributed by atoms with Gasteiger partial charge in [-0.05, 0) is 28.1 Å². The largest absolute Gasteiger partial charge is 0.249 e. The highest BCUT2D eigenvalue weighted by Gasteiger charge is 1.85. The third kappa shape index (κ3) is 11.7. The van der Waals surface area contributed by atoms with Gasteiger partial charge in [0.15, 0.2) is 0 Å². The van der Waals surface area contributed by atoms with Crippen LogP contribution < -0.4 is 0 Å². The molecule has 2 heteroatoms. The van der Waals surface area contributed by atoms with Crippen LogP contribution in [0.1, 0.15) is 58.8 Å². The number of rotatable bonds is 6. The first kappa shape index (κ1) is 15.6. The van der Waals surface area contributed by atoms with E-state index in [4.69, 9.17) is 0 Å². The summed E-state index contributed by atoms with van der Waals surface area (Å²) in [5.74, 6) is 0. The fourth-order valence-corrected chi connectivity index (χ4v) is 1.64. The molecule has 0 saturated carbocycles. The number of hydrogen-bond acceptors (Lipinski definition) is 1. The predicted molar refractivity (Wildman–Crippen MR) is 75.6 cm³/mol. The first-order chi connectivity index (χ1) is 7.81. The normalized spacial score (nSPS) is 9.44. The second-order valence-corrected chi connectivity index (χ2v) is 4.73. The molecule has 0 radical (unpaired) electrons. The maximum absolute atomic E-state index is 3.90. The first-order valence-corrected chi connectivity index (χ1v) is 7.17. The van der Waals surface area contributed by atoms with Crippen LogP contribution in [0.15, 0.2) is 29.0 Å². The lowest BCUT2D eigenvalue weighted by atomic mass is 10.1. The SMILES string of the molecule is Brc1ccccn1.CCCCCCCCC. The number of unbranched alkanes of at least 4 members (excludes halogenated alkanes) is 6. The van der Waals surface area contributed by atoms with E-state index in [9.17, 15) is 0 Å². The summed E-state index contributed by atoms with van der Waals surface area (Å²) < 4.78 is 0.884. The topological polar surface area (TPSA) is 12.9 Å². The van der Waals surface area contributed by atoms with Crippen molar-refractivity contribution in [1.29, 1.82) is 0 Å². The Morgan fingerprint density at radius 1 is 0.938 bits per heavy atom. The van der Waals surface area contributed by atoms with Crippen LogP contribution in [0.2, 0.25) is 0 Å². The zero-order chi connectivity index (χ0) is 12.1. The average molecular weight is 286 g/mol. The molecular weight excluding hydrogens is 262 g/mol. The molecule has 1 aromatic rings. The van der Waals surface area contributed by atoms with E-state index >= 15 is 0 Å². The molecule has 0 N–H and O–H groups in total. The quantitative estimate of drug-likeness (QED) is 0.490. The summed E-state index contributed by atoms with van der Waals surface area (Å²) in [6.07, 6.45) is 11.7. The predicted octanol–water partition coefficient (Wildman–Crippen LogP) is 5.60. The Morgan fingerprint density at radius 2 is 1.50 bits per heavy atom. The van der Waals surface area contributed by atoms with Crippen molar-refractivity contribution >= 4 is 15.9 Å². The molecule has 1 rings (SSSR count). The molecule has 1 aromatic heterocycles. The molecule has 0 unspecified atom stereocenters. The van der Waals surface area contributed by atoms with E-state index in [2.05, 4.69) is 34.8 Å². The van der Waals surface area contributed by atoms with Crippen LogP contribution in [0.5, 0.6) is 0 Å². The zero-order valence-corrected chi connectivity index (χ0v) is 12.2. The molecule has 16 heavy (non-hydrogen) atoms. The van der Waals surface area contributed by atoms with E-state index in [1.165, 1.54) is 44.9 Å². The minimum absolute atomic E-state index is 0.884. The van der Waals surface area contributed by atoms with Crippen molar-refractivity contribution in [3.63, 3.8) is 0 Å². The van der Waals surface area contributed by atoms with Gasteiger partial charge in [-0.15, -0.1) is 0 Å². The van der Waals surface area contributed by atoms with E-state index in [1.807, 2.05) is 18.2 Å². The molecule has 0 bridgehead atoms. The van der Waals surface area contributed by atoms with Crippen molar-refractivity contribution < 1.29 is 0 Å². The minimum atomic E-state index is 0.884. The van der Waals surface area contributed by atoms with Gasteiger partial charge in [0.2, 0.25) is 0 Å². The molecule has 1 nitrogen and oxygen atoms in total. The molecule has 0 aromatic carbocycles. The molecule has 0 saturated heterocycles. The van der Waals surface area contributed by atoms with Gasteiger partial charge in [0, 0.05) is 6.20 Å². The van der Waals surface area contributed by atoms with Gasteiger partial charge in [-0.1, -0.05) is 64.9 Å². The molecule has 1 heterocycles. The van der Waals surface area contributed by atoms with Gasteiger partial charge in [-0.25, -0.2) is 4.98 Å². The van der Waals surface area contributed by atoms with Crippen molar-refractivity contribution in [3.05, 3.63) is 29.0 Å². The standard InChI is InChI=1S/C9H20.C5H4BrN/c1-3-5-7-9-8-6-4-2;6-5-3-1-2-4-7-5/h3-9H2,1-2H3;1-4H. The average Bonchev–Trinajstić information content (AvgIpc) is 2.31. The number of nitrogens with zero attached hydrogens (tertiary/aromatic N) is 1. The summed E-state index contributed by atoms with van der Waals surface area (Å²) in [7, 11) is 0. The van der Waals surface area contributed by atoms with E-state index < -0.39 is 0 Å². The summed E-state index contributed by atoms with van der Waals surface area (Å²) in [5, 5.41) is 0. The van der Waals surface area contributed by atoms with Crippen LogP contribution in [0.25, 0.3) is 0 Å². The highest BCUT2D eigenvalue weighted by Crippen LogP contribution is 2.05. The van der Waals surface area contributed by atoms with Crippen molar-refractivity contribution in [1.82, 2.24) is 4.98 Å². The Morgan fingerprint density at radius 3 is 1.81 bits per heavy atom. The lowest BCUT2D eigenvalue weighted by Crippen LogP contribution is -1.76. The Hall–Kier alpha value is -0.370. The van der Waals surface area contributed by atoms with Gasteiger partial charge in [0.1, 0.15) is 4.60 Å². The van der Waals surface area contributed by atoms with Crippen LogP contribution in [-0.2, 0) is 0 Å². The molecule has 0 aliphatic carbocycles. The zero-order valence-electron chi connectivity index (χ0n) is 10.6. The second-order valence-electron chi connectivity index (χ2n) is 3.92. The van der Waals surface area contributed by atoms with E-state index in [1.54, 1.807) is 6.20 Å². The third-order valence-electron chi connectivity index (χ3n) is 2.34. The summed E-state index contributed by atoms with van der Waals surface area (Å²) in [4.78, 5) is 3.90. The third-order valence-corrected chi connectivity index (χ3v) is 2.80. The van der Waals surface area contributed by atoms with Crippen LogP contribution >= 0.6 is 15.9 Å². The molecule has 0 atom stereocenters. The number of aromatic nitrogens is 1. The highest BCUT2D eigenvalue weighted by molar-refractivity contribution is 9.10. The lowest BCUT2D eigenvalue weighted by Gasteiger charge is -1.96. The van der Waals surface area contributed by atoms with E-state index in [0.717, 1.165) is 4.60 Å². The maximum Gasteiger partial charge on any atom is 0.106 e. The van der Waals surface area contributed by atoms with Crippen LogP contribution in [0.3, 0.4) is 0 Å². The summed E-state index contributed by atoms with van der Waals surface area (Å²) in [5.41, 5.74) is 0. The van der Waals surface area contributed by atoms with E-state index in [-0.39, 0.29) is 0 Å².